The number of allylic oxidation sites excluding steroid dienone is 1. The van der Waals surface area contributed by atoms with Crippen molar-refractivity contribution < 1.29 is 22.6 Å². The number of hydrogen-bond donors (Lipinski definition) is 4. The second-order valence-electron chi connectivity index (χ2n) is 12.5. The predicted molar refractivity (Wildman–Crippen MR) is 171 cm³/mol. The van der Waals surface area contributed by atoms with Gasteiger partial charge in [0.25, 0.3) is 5.95 Å². The molecular weight excluding hydrogens is 639 g/mol. The number of nitriles is 1. The van der Waals surface area contributed by atoms with Crippen LogP contribution in [0, 0.1) is 23.0 Å². The number of rotatable bonds is 4. The van der Waals surface area contributed by atoms with Crippen LogP contribution in [0.4, 0.5) is 23.9 Å². The van der Waals surface area contributed by atoms with Crippen molar-refractivity contribution in [3.05, 3.63) is 63.7 Å². The maximum atomic E-state index is 17.2. The van der Waals surface area contributed by atoms with Gasteiger partial charge in [0.05, 0.1) is 38.7 Å². The third-order valence-electron chi connectivity index (χ3n) is 9.82. The van der Waals surface area contributed by atoms with Gasteiger partial charge >= 0.3 is 0 Å². The predicted octanol–water partition coefficient (Wildman–Crippen LogP) is 5.67. The number of nitrogens with two attached hydrogens (primary N) is 2. The Bertz CT molecular complexity index is 1890. The number of nitrogens with one attached hydrogen (secondary N) is 2. The van der Waals surface area contributed by atoms with Crippen LogP contribution in [-0.2, 0) is 4.74 Å². The first-order valence-electron chi connectivity index (χ1n) is 15.3. The van der Waals surface area contributed by atoms with Crippen LogP contribution in [-0.4, -0.2) is 60.5 Å². The molecular formula is C32H31ClF3N7O2S. The van der Waals surface area contributed by atoms with E-state index in [1.54, 1.807) is 6.08 Å². The second kappa shape index (κ2) is 11.0. The summed E-state index contributed by atoms with van der Waals surface area (Å²) in [6.45, 7) is 2.10. The van der Waals surface area contributed by atoms with E-state index in [0.717, 1.165) is 36.4 Å². The van der Waals surface area contributed by atoms with Crippen LogP contribution in [0.3, 0.4) is 0 Å². The quantitative estimate of drug-likeness (QED) is 0.278. The molecule has 9 nitrogen and oxygen atoms in total. The topological polar surface area (TPSA) is 125 Å². The molecule has 240 valence electrons. The molecule has 0 bridgehead atoms. The molecule has 1 aromatic heterocycles. The van der Waals surface area contributed by atoms with E-state index in [2.05, 4.69) is 15.5 Å². The minimum absolute atomic E-state index is 0.0443. The molecule has 5 aliphatic heterocycles. The average Bonchev–Trinajstić information content (AvgIpc) is 3.68. The van der Waals surface area contributed by atoms with Gasteiger partial charge in [-0.3, -0.25) is 10.2 Å². The van der Waals surface area contributed by atoms with E-state index in [4.69, 9.17) is 32.5 Å². The largest absolute Gasteiger partial charge is 0.463 e. The number of fused-ring (bicyclic) bond motifs is 4. The molecule has 0 aliphatic carbocycles. The standard InChI is InChI=1S/C32H31ClF3N7O2S/c33-25-23(18-4-5-20(35)29-22(18)19(10-37)30(39)46-29)26(36)28-24-27(25)40-14-41-31(24)43-12-16(38)2-3-17(43)8-21(45-28)44-13-32-6-1-7-42(32)11-15(34)9-32/h3-5,8,15-16,31,40-41H,1-2,6-7,9,11-14,38-39H2/t15-,16?,31?,32+/m1/s1. The number of alkyl halides is 1. The van der Waals surface area contributed by atoms with Gasteiger partial charge in [-0.05, 0) is 37.4 Å². The van der Waals surface area contributed by atoms with E-state index in [0.29, 0.717) is 43.9 Å². The molecule has 8 rings (SSSR count). The van der Waals surface area contributed by atoms with Gasteiger partial charge in [-0.2, -0.15) is 5.26 Å². The van der Waals surface area contributed by atoms with E-state index >= 15 is 4.39 Å². The molecule has 0 radical (unpaired) electrons. The van der Waals surface area contributed by atoms with E-state index in [1.165, 1.54) is 12.1 Å². The van der Waals surface area contributed by atoms with Crippen LogP contribution in [0.25, 0.3) is 21.2 Å². The van der Waals surface area contributed by atoms with E-state index in [9.17, 15) is 14.0 Å². The zero-order chi connectivity index (χ0) is 31.9. The van der Waals surface area contributed by atoms with E-state index in [1.807, 2.05) is 17.0 Å². The van der Waals surface area contributed by atoms with Gasteiger partial charge in [0.2, 0.25) is 0 Å². The Morgan fingerprint density at radius 3 is 2.96 bits per heavy atom. The number of halogens is 4. The van der Waals surface area contributed by atoms with Gasteiger partial charge in [0.15, 0.2) is 11.6 Å². The highest BCUT2D eigenvalue weighted by atomic mass is 35.5. The number of hydrogen-bond acceptors (Lipinski definition) is 10. The first-order valence-corrected chi connectivity index (χ1v) is 16.5. The average molecular weight is 670 g/mol. The molecule has 0 saturated carbocycles. The van der Waals surface area contributed by atoms with Gasteiger partial charge < -0.3 is 31.2 Å². The van der Waals surface area contributed by atoms with Gasteiger partial charge in [-0.15, -0.1) is 11.3 Å². The normalized spacial score (nSPS) is 27.0. The van der Waals surface area contributed by atoms with Crippen molar-refractivity contribution in [1.29, 1.82) is 5.26 Å². The summed E-state index contributed by atoms with van der Waals surface area (Å²) in [5.41, 5.74) is 13.9. The first-order chi connectivity index (χ1) is 22.2. The van der Waals surface area contributed by atoms with Crippen molar-refractivity contribution in [1.82, 2.24) is 15.1 Å². The smallest absolute Gasteiger partial charge is 0.286 e. The molecule has 46 heavy (non-hydrogen) atoms. The Morgan fingerprint density at radius 2 is 2.13 bits per heavy atom. The lowest BCUT2D eigenvalue weighted by Gasteiger charge is -2.44. The van der Waals surface area contributed by atoms with Crippen LogP contribution < -0.4 is 26.8 Å². The fourth-order valence-electron chi connectivity index (χ4n) is 7.76. The Morgan fingerprint density at radius 1 is 1.28 bits per heavy atom. The van der Waals surface area contributed by atoms with Crippen LogP contribution >= 0.6 is 22.9 Å². The maximum Gasteiger partial charge on any atom is 0.286 e. The molecule has 0 spiro atoms. The molecule has 2 unspecified atom stereocenters. The number of ether oxygens (including phenoxy) is 2. The minimum Gasteiger partial charge on any atom is -0.463 e. The third kappa shape index (κ3) is 4.46. The number of benzene rings is 2. The zero-order valence-electron chi connectivity index (χ0n) is 24.6. The number of nitrogens with zero attached hydrogens (tertiary/aromatic N) is 3. The molecule has 14 heteroatoms. The second-order valence-corrected chi connectivity index (χ2v) is 14.0. The molecule has 2 saturated heterocycles. The lowest BCUT2D eigenvalue weighted by molar-refractivity contribution is 0.0249. The summed E-state index contributed by atoms with van der Waals surface area (Å²) >= 11 is 7.97. The first kappa shape index (κ1) is 29.7. The lowest BCUT2D eigenvalue weighted by atomic mass is 9.93. The lowest BCUT2D eigenvalue weighted by Crippen LogP contribution is -2.49. The molecule has 2 aromatic carbocycles. The van der Waals surface area contributed by atoms with Gasteiger partial charge in [-0.1, -0.05) is 23.7 Å². The van der Waals surface area contributed by atoms with Gasteiger partial charge in [-0.25, -0.2) is 13.2 Å². The van der Waals surface area contributed by atoms with Crippen molar-refractivity contribution in [2.24, 2.45) is 5.73 Å². The Labute approximate surface area is 272 Å². The Kier molecular flexibility index (Phi) is 7.08. The number of thiophene rings is 1. The van der Waals surface area contributed by atoms with E-state index in [-0.39, 0.29) is 61.1 Å². The fraction of sp³-hybridized carbons (Fsp3) is 0.406. The summed E-state index contributed by atoms with van der Waals surface area (Å²) in [7, 11) is 0. The molecule has 6 heterocycles. The highest BCUT2D eigenvalue weighted by molar-refractivity contribution is 7.23. The van der Waals surface area contributed by atoms with Crippen LogP contribution in [0.5, 0.6) is 5.75 Å². The third-order valence-corrected chi connectivity index (χ3v) is 11.2. The fourth-order valence-corrected chi connectivity index (χ4v) is 9.06. The Hall–Kier alpha value is -3.67. The van der Waals surface area contributed by atoms with Crippen molar-refractivity contribution in [3.8, 4) is 22.9 Å². The summed E-state index contributed by atoms with van der Waals surface area (Å²) in [6.07, 6.45) is 4.95. The van der Waals surface area contributed by atoms with Crippen molar-refractivity contribution >= 4 is 43.7 Å². The molecule has 3 aromatic rings. The van der Waals surface area contributed by atoms with Crippen LogP contribution in [0.2, 0.25) is 5.02 Å². The molecule has 0 amide bonds. The summed E-state index contributed by atoms with van der Waals surface area (Å²) < 4.78 is 59.6. The SMILES string of the molecule is N#Cc1c(N)sc2c(F)ccc(-c3c(F)c4c5c(c3Cl)NCNC5N3CC(N)CC=C3C=C(OC[C@@]35CCCN3C[C@H](F)C5)O4)c12. The van der Waals surface area contributed by atoms with Gasteiger partial charge in [0.1, 0.15) is 35.8 Å². The Balaban J connectivity index is 1.31. The highest BCUT2D eigenvalue weighted by Crippen LogP contribution is 2.53. The van der Waals surface area contributed by atoms with E-state index < -0.39 is 29.5 Å². The number of nitrogen functional groups attached to an aromatic ring is 1. The van der Waals surface area contributed by atoms with Crippen molar-refractivity contribution in [3.63, 3.8) is 0 Å². The molecule has 4 atom stereocenters. The van der Waals surface area contributed by atoms with Crippen molar-refractivity contribution in [2.75, 3.05) is 44.0 Å². The molecule has 2 fully saturated rings. The van der Waals surface area contributed by atoms with Crippen molar-refractivity contribution in [2.45, 2.75) is 49.6 Å². The maximum absolute atomic E-state index is 17.2. The monoisotopic (exact) mass is 669 g/mol. The van der Waals surface area contributed by atoms with Crippen LogP contribution in [0.1, 0.15) is 43.0 Å². The summed E-state index contributed by atoms with van der Waals surface area (Å²) in [5.74, 6) is -1.48. The van der Waals surface area contributed by atoms with Gasteiger partial charge in [0, 0.05) is 48.3 Å². The number of anilines is 2. The summed E-state index contributed by atoms with van der Waals surface area (Å²) in [4.78, 5) is 4.17. The summed E-state index contributed by atoms with van der Waals surface area (Å²) in [5, 5.41) is 16.9. The highest BCUT2D eigenvalue weighted by Gasteiger charge is 2.50. The molecule has 5 aliphatic rings. The van der Waals surface area contributed by atoms with Crippen LogP contribution in [0.15, 0.2) is 35.9 Å². The zero-order valence-corrected chi connectivity index (χ0v) is 26.2. The summed E-state index contributed by atoms with van der Waals surface area (Å²) in [6, 6.07) is 4.48. The molecule has 6 N–H and O–H groups in total. The minimum atomic E-state index is -0.938.